The third-order valence-corrected chi connectivity index (χ3v) is 3.43. The van der Waals surface area contributed by atoms with Gasteiger partial charge in [0, 0.05) is 5.41 Å². The van der Waals surface area contributed by atoms with E-state index >= 15 is 0 Å². The number of hydrogen-bond acceptors (Lipinski definition) is 2. The largest absolute Gasteiger partial charge is 0.480 e. The lowest BCUT2D eigenvalue weighted by molar-refractivity contribution is -0.140. The van der Waals surface area contributed by atoms with Crippen molar-refractivity contribution in [1.82, 2.24) is 5.32 Å². The molecule has 1 aliphatic carbocycles. The lowest BCUT2D eigenvalue weighted by Crippen LogP contribution is -2.41. The standard InChI is InChI=1S/C13H21NO3/c1-10-5-3-4-7-13(2,8-6-10)12(17)14-9-11(15)16/h3,5,10H,4,6-9H2,1-2H3,(H,14,17)(H,15,16)/b5-3+/t10-,13+/m0/s1. The molecule has 0 radical (unpaired) electrons. The maximum atomic E-state index is 12.0. The van der Waals surface area contributed by atoms with Gasteiger partial charge in [-0.3, -0.25) is 9.59 Å². The zero-order chi connectivity index (χ0) is 12.9. The minimum Gasteiger partial charge on any atom is -0.480 e. The molecule has 2 atom stereocenters. The summed E-state index contributed by atoms with van der Waals surface area (Å²) in [5, 5.41) is 11.1. The Hall–Kier alpha value is -1.32. The van der Waals surface area contributed by atoms with Gasteiger partial charge in [-0.05, 0) is 31.6 Å². The highest BCUT2D eigenvalue weighted by Crippen LogP contribution is 2.33. The Morgan fingerprint density at radius 3 is 2.82 bits per heavy atom. The number of carboxylic acid groups (broad SMARTS) is 1. The van der Waals surface area contributed by atoms with Crippen LogP contribution in [0.4, 0.5) is 0 Å². The SMILES string of the molecule is C[C@H]1/C=C/CC[C@@](C)(C(=O)NCC(=O)O)CC1. The number of rotatable bonds is 3. The molecule has 0 fully saturated rings. The number of carbonyl (C=O) groups excluding carboxylic acids is 1. The molecule has 0 aliphatic heterocycles. The Balaban J connectivity index is 2.61. The number of nitrogens with one attached hydrogen (secondary N) is 1. The predicted octanol–water partition coefficient (Wildman–Crippen LogP) is 1.96. The number of amides is 1. The van der Waals surface area contributed by atoms with Crippen LogP contribution in [0.5, 0.6) is 0 Å². The molecule has 0 unspecified atom stereocenters. The summed E-state index contributed by atoms with van der Waals surface area (Å²) in [5.41, 5.74) is -0.436. The van der Waals surface area contributed by atoms with Crippen LogP contribution in [0.3, 0.4) is 0 Å². The number of allylic oxidation sites excluding steroid dienone is 2. The summed E-state index contributed by atoms with van der Waals surface area (Å²) in [6.07, 6.45) is 7.74. The van der Waals surface area contributed by atoms with Crippen LogP contribution in [0, 0.1) is 11.3 Å². The first kappa shape index (κ1) is 13.7. The van der Waals surface area contributed by atoms with Crippen LogP contribution < -0.4 is 5.32 Å². The molecule has 96 valence electrons. The van der Waals surface area contributed by atoms with E-state index in [2.05, 4.69) is 24.4 Å². The first-order chi connectivity index (χ1) is 7.94. The average Bonchev–Trinajstić information content (AvgIpc) is 2.26. The van der Waals surface area contributed by atoms with Crippen molar-refractivity contribution < 1.29 is 14.7 Å². The fourth-order valence-electron chi connectivity index (χ4n) is 2.09. The van der Waals surface area contributed by atoms with Gasteiger partial charge in [-0.15, -0.1) is 0 Å². The number of hydrogen-bond donors (Lipinski definition) is 2. The van der Waals surface area contributed by atoms with Crippen LogP contribution in [-0.4, -0.2) is 23.5 Å². The van der Waals surface area contributed by atoms with Gasteiger partial charge in [0.05, 0.1) is 0 Å². The molecule has 0 spiro atoms. The van der Waals surface area contributed by atoms with Gasteiger partial charge in [0.25, 0.3) is 0 Å². The van der Waals surface area contributed by atoms with Crippen LogP contribution in [0.1, 0.15) is 39.5 Å². The molecular formula is C13H21NO3. The minimum absolute atomic E-state index is 0.137. The smallest absolute Gasteiger partial charge is 0.322 e. The number of aliphatic carboxylic acids is 1. The number of carbonyl (C=O) groups is 2. The van der Waals surface area contributed by atoms with E-state index in [-0.39, 0.29) is 12.5 Å². The third kappa shape index (κ3) is 4.21. The Kier molecular flexibility index (Phi) is 4.73. The van der Waals surface area contributed by atoms with Crippen molar-refractivity contribution >= 4 is 11.9 Å². The quantitative estimate of drug-likeness (QED) is 0.740. The van der Waals surface area contributed by atoms with E-state index in [1.165, 1.54) is 0 Å². The fraction of sp³-hybridized carbons (Fsp3) is 0.692. The monoisotopic (exact) mass is 239 g/mol. The van der Waals surface area contributed by atoms with Crippen LogP contribution in [0.25, 0.3) is 0 Å². The van der Waals surface area contributed by atoms with E-state index in [1.807, 2.05) is 6.92 Å². The Labute approximate surface area is 102 Å². The first-order valence-electron chi connectivity index (χ1n) is 6.11. The molecular weight excluding hydrogens is 218 g/mol. The normalized spacial score (nSPS) is 31.1. The molecule has 1 rings (SSSR count). The highest BCUT2D eigenvalue weighted by atomic mass is 16.4. The van der Waals surface area contributed by atoms with Gasteiger partial charge in [0.2, 0.25) is 5.91 Å². The molecule has 0 aromatic carbocycles. The molecule has 4 heteroatoms. The topological polar surface area (TPSA) is 66.4 Å². The van der Waals surface area contributed by atoms with Gasteiger partial charge in [-0.25, -0.2) is 0 Å². The summed E-state index contributed by atoms with van der Waals surface area (Å²) in [5.74, 6) is -0.648. The van der Waals surface area contributed by atoms with E-state index in [0.717, 1.165) is 25.7 Å². The van der Waals surface area contributed by atoms with Crippen LogP contribution in [-0.2, 0) is 9.59 Å². The van der Waals surface area contributed by atoms with Gasteiger partial charge in [-0.2, -0.15) is 0 Å². The van der Waals surface area contributed by atoms with Crippen molar-refractivity contribution in [3.63, 3.8) is 0 Å². The summed E-state index contributed by atoms with van der Waals surface area (Å²) in [6, 6.07) is 0. The maximum Gasteiger partial charge on any atom is 0.322 e. The lowest BCUT2D eigenvalue weighted by atomic mass is 9.77. The second kappa shape index (κ2) is 5.84. The molecule has 0 heterocycles. The summed E-state index contributed by atoms with van der Waals surface area (Å²) in [7, 11) is 0. The van der Waals surface area contributed by atoms with E-state index in [9.17, 15) is 9.59 Å². The average molecular weight is 239 g/mol. The zero-order valence-corrected chi connectivity index (χ0v) is 10.5. The van der Waals surface area contributed by atoms with Crippen molar-refractivity contribution in [2.45, 2.75) is 39.5 Å². The van der Waals surface area contributed by atoms with Crippen molar-refractivity contribution in [3.8, 4) is 0 Å². The molecule has 0 bridgehead atoms. The Bertz CT molecular complexity index is 325. The van der Waals surface area contributed by atoms with Crippen molar-refractivity contribution in [2.75, 3.05) is 6.54 Å². The van der Waals surface area contributed by atoms with Gasteiger partial charge >= 0.3 is 5.97 Å². The molecule has 17 heavy (non-hydrogen) atoms. The molecule has 0 saturated heterocycles. The highest BCUT2D eigenvalue weighted by Gasteiger charge is 2.33. The Morgan fingerprint density at radius 1 is 1.47 bits per heavy atom. The minimum atomic E-state index is -0.999. The lowest BCUT2D eigenvalue weighted by Gasteiger charge is -2.30. The number of carboxylic acids is 1. The summed E-state index contributed by atoms with van der Waals surface area (Å²) < 4.78 is 0. The van der Waals surface area contributed by atoms with Crippen LogP contribution >= 0.6 is 0 Å². The highest BCUT2D eigenvalue weighted by molar-refractivity contribution is 5.85. The molecule has 0 aromatic heterocycles. The molecule has 1 amide bonds. The van der Waals surface area contributed by atoms with Gasteiger partial charge in [0.1, 0.15) is 6.54 Å². The first-order valence-corrected chi connectivity index (χ1v) is 6.11. The van der Waals surface area contributed by atoms with Gasteiger partial charge in [-0.1, -0.05) is 26.0 Å². The van der Waals surface area contributed by atoms with Crippen LogP contribution in [0.2, 0.25) is 0 Å². The van der Waals surface area contributed by atoms with E-state index in [0.29, 0.717) is 5.92 Å². The zero-order valence-electron chi connectivity index (χ0n) is 10.5. The second-order valence-corrected chi connectivity index (χ2v) is 5.12. The van der Waals surface area contributed by atoms with E-state index in [4.69, 9.17) is 5.11 Å². The third-order valence-electron chi connectivity index (χ3n) is 3.43. The molecule has 0 saturated carbocycles. The summed E-state index contributed by atoms with van der Waals surface area (Å²) >= 11 is 0. The fourth-order valence-corrected chi connectivity index (χ4v) is 2.09. The molecule has 0 aromatic rings. The summed E-state index contributed by atoms with van der Waals surface area (Å²) in [4.78, 5) is 22.4. The molecule has 2 N–H and O–H groups in total. The van der Waals surface area contributed by atoms with Gasteiger partial charge < -0.3 is 10.4 Å². The van der Waals surface area contributed by atoms with Gasteiger partial charge in [0.15, 0.2) is 0 Å². The van der Waals surface area contributed by atoms with Crippen molar-refractivity contribution in [1.29, 1.82) is 0 Å². The summed E-state index contributed by atoms with van der Waals surface area (Å²) in [6.45, 7) is 3.77. The van der Waals surface area contributed by atoms with Crippen LogP contribution in [0.15, 0.2) is 12.2 Å². The van der Waals surface area contributed by atoms with E-state index < -0.39 is 11.4 Å². The molecule has 4 nitrogen and oxygen atoms in total. The second-order valence-electron chi connectivity index (χ2n) is 5.12. The van der Waals surface area contributed by atoms with E-state index in [1.54, 1.807) is 0 Å². The van der Waals surface area contributed by atoms with Crippen molar-refractivity contribution in [2.24, 2.45) is 11.3 Å². The van der Waals surface area contributed by atoms with Crippen molar-refractivity contribution in [3.05, 3.63) is 12.2 Å². The molecule has 1 aliphatic rings. The Morgan fingerprint density at radius 2 is 2.18 bits per heavy atom. The predicted molar refractivity (Wildman–Crippen MR) is 65.5 cm³/mol. The maximum absolute atomic E-state index is 12.0.